The molecule has 3 rings (SSSR count). The van der Waals surface area contributed by atoms with Crippen molar-refractivity contribution < 1.29 is 9.21 Å². The lowest BCUT2D eigenvalue weighted by molar-refractivity contribution is -0.134. The van der Waals surface area contributed by atoms with Gasteiger partial charge in [0.1, 0.15) is 11.5 Å². The van der Waals surface area contributed by atoms with E-state index >= 15 is 0 Å². The Morgan fingerprint density at radius 1 is 1.28 bits per heavy atom. The Labute approximate surface area is 149 Å². The molecule has 0 fully saturated rings. The molecule has 5 nitrogen and oxygen atoms in total. The molecule has 1 aliphatic carbocycles. The molecule has 1 amide bonds. The highest BCUT2D eigenvalue weighted by atomic mass is 16.3. The topological polar surface area (TPSA) is 49.6 Å². The van der Waals surface area contributed by atoms with Crippen LogP contribution in [0, 0.1) is 6.92 Å². The van der Waals surface area contributed by atoms with Gasteiger partial charge in [0, 0.05) is 19.3 Å². The van der Waals surface area contributed by atoms with E-state index < -0.39 is 0 Å². The molecule has 0 saturated carbocycles. The van der Waals surface area contributed by atoms with Crippen molar-refractivity contribution in [3.8, 4) is 0 Å². The fraction of sp³-hybridized carbons (Fsp3) is 0.500. The van der Waals surface area contributed by atoms with Crippen molar-refractivity contribution in [2.75, 3.05) is 27.2 Å². The lowest BCUT2D eigenvalue weighted by Gasteiger charge is -2.30. The molecule has 0 aliphatic heterocycles. The van der Waals surface area contributed by atoms with Crippen LogP contribution in [0.3, 0.4) is 0 Å². The van der Waals surface area contributed by atoms with Gasteiger partial charge >= 0.3 is 0 Å². The third-order valence-electron chi connectivity index (χ3n) is 4.76. The first kappa shape index (κ1) is 17.7. The summed E-state index contributed by atoms with van der Waals surface area (Å²) in [4.78, 5) is 21.9. The Bertz CT molecular complexity index is 723. The van der Waals surface area contributed by atoms with Crippen LogP contribution >= 0.6 is 0 Å². The minimum atomic E-state index is -0.136. The van der Waals surface area contributed by atoms with E-state index in [0.29, 0.717) is 13.1 Å². The molecule has 2 aromatic rings. The highest BCUT2D eigenvalue weighted by molar-refractivity contribution is 5.84. The third-order valence-corrected chi connectivity index (χ3v) is 4.76. The molecule has 0 spiro atoms. The van der Waals surface area contributed by atoms with Crippen LogP contribution in [0.15, 0.2) is 34.9 Å². The van der Waals surface area contributed by atoms with Gasteiger partial charge in [0.25, 0.3) is 0 Å². The van der Waals surface area contributed by atoms with Crippen LogP contribution in [0.25, 0.3) is 0 Å². The van der Waals surface area contributed by atoms with Crippen molar-refractivity contribution >= 4 is 5.91 Å². The smallest absolute Gasteiger partial charge is 0.232 e. The summed E-state index contributed by atoms with van der Waals surface area (Å²) in [5, 5.41) is 0. The standard InChI is InChI=1S/C20H27N3O2/c1-15-9-10-17(25-15)14-23(13-12-22(2)3)20(24)18-8-4-6-16-7-5-11-21-19(16)18/h5,7,9-11,18H,4,6,8,12-14H2,1-3H3. The maximum absolute atomic E-state index is 13.3. The van der Waals surface area contributed by atoms with Gasteiger partial charge in [-0.15, -0.1) is 0 Å². The molecule has 1 atom stereocenters. The minimum absolute atomic E-state index is 0.136. The summed E-state index contributed by atoms with van der Waals surface area (Å²) in [5.74, 6) is 1.74. The molecule has 0 radical (unpaired) electrons. The molecule has 5 heteroatoms. The van der Waals surface area contributed by atoms with Gasteiger partial charge in [0.05, 0.1) is 18.2 Å². The number of rotatable bonds is 6. The van der Waals surface area contributed by atoms with Crippen LogP contribution < -0.4 is 0 Å². The zero-order valence-electron chi connectivity index (χ0n) is 15.4. The molecule has 2 aromatic heterocycles. The Morgan fingerprint density at radius 2 is 2.12 bits per heavy atom. The number of nitrogens with zero attached hydrogens (tertiary/aromatic N) is 3. The van der Waals surface area contributed by atoms with Crippen molar-refractivity contribution in [1.82, 2.24) is 14.8 Å². The first-order valence-corrected chi connectivity index (χ1v) is 8.97. The number of carbonyl (C=O) groups is 1. The fourth-order valence-electron chi connectivity index (χ4n) is 3.42. The summed E-state index contributed by atoms with van der Waals surface area (Å²) >= 11 is 0. The number of aromatic nitrogens is 1. The zero-order chi connectivity index (χ0) is 17.8. The van der Waals surface area contributed by atoms with E-state index in [9.17, 15) is 4.79 Å². The molecule has 25 heavy (non-hydrogen) atoms. The van der Waals surface area contributed by atoms with Gasteiger partial charge in [0.2, 0.25) is 5.91 Å². The van der Waals surface area contributed by atoms with E-state index in [4.69, 9.17) is 4.42 Å². The van der Waals surface area contributed by atoms with Gasteiger partial charge in [0.15, 0.2) is 0 Å². The van der Waals surface area contributed by atoms with Crippen molar-refractivity contribution in [1.29, 1.82) is 0 Å². The van der Waals surface area contributed by atoms with Crippen LogP contribution in [0.4, 0.5) is 0 Å². The zero-order valence-corrected chi connectivity index (χ0v) is 15.4. The number of amides is 1. The van der Waals surface area contributed by atoms with E-state index in [-0.39, 0.29) is 11.8 Å². The lowest BCUT2D eigenvalue weighted by Crippen LogP contribution is -2.40. The van der Waals surface area contributed by atoms with Gasteiger partial charge in [-0.2, -0.15) is 0 Å². The van der Waals surface area contributed by atoms with Crippen molar-refractivity contribution in [2.45, 2.75) is 38.6 Å². The highest BCUT2D eigenvalue weighted by Gasteiger charge is 2.31. The largest absolute Gasteiger partial charge is 0.464 e. The van der Waals surface area contributed by atoms with E-state index in [1.807, 2.05) is 44.1 Å². The van der Waals surface area contributed by atoms with Crippen molar-refractivity contribution in [3.63, 3.8) is 0 Å². The second kappa shape index (κ2) is 7.83. The summed E-state index contributed by atoms with van der Waals surface area (Å²) in [6.07, 6.45) is 4.72. The molecular weight excluding hydrogens is 314 g/mol. The van der Waals surface area contributed by atoms with E-state index in [0.717, 1.165) is 43.0 Å². The first-order valence-electron chi connectivity index (χ1n) is 8.97. The number of aryl methyl sites for hydroxylation is 2. The van der Waals surface area contributed by atoms with Crippen LogP contribution in [0.2, 0.25) is 0 Å². The van der Waals surface area contributed by atoms with Gasteiger partial charge < -0.3 is 14.2 Å². The van der Waals surface area contributed by atoms with Crippen LogP contribution in [0.5, 0.6) is 0 Å². The van der Waals surface area contributed by atoms with E-state index in [2.05, 4.69) is 16.0 Å². The Hall–Kier alpha value is -2.14. The van der Waals surface area contributed by atoms with E-state index in [1.54, 1.807) is 6.20 Å². The predicted octanol–water partition coefficient (Wildman–Crippen LogP) is 2.99. The average Bonchev–Trinajstić information content (AvgIpc) is 3.02. The van der Waals surface area contributed by atoms with Crippen molar-refractivity contribution in [2.24, 2.45) is 0 Å². The maximum atomic E-state index is 13.3. The lowest BCUT2D eigenvalue weighted by atomic mass is 9.85. The summed E-state index contributed by atoms with van der Waals surface area (Å²) in [5.41, 5.74) is 2.18. The van der Waals surface area contributed by atoms with Gasteiger partial charge in [-0.25, -0.2) is 0 Å². The van der Waals surface area contributed by atoms with Crippen LogP contribution in [-0.4, -0.2) is 47.9 Å². The Kier molecular flexibility index (Phi) is 5.53. The number of furan rings is 1. The molecule has 0 bridgehead atoms. The number of hydrogen-bond acceptors (Lipinski definition) is 4. The quantitative estimate of drug-likeness (QED) is 0.810. The van der Waals surface area contributed by atoms with Gasteiger partial charge in [-0.1, -0.05) is 6.07 Å². The summed E-state index contributed by atoms with van der Waals surface area (Å²) < 4.78 is 5.70. The minimum Gasteiger partial charge on any atom is -0.464 e. The van der Waals surface area contributed by atoms with E-state index in [1.165, 1.54) is 5.56 Å². The third kappa shape index (κ3) is 4.28. The van der Waals surface area contributed by atoms with Gasteiger partial charge in [-0.3, -0.25) is 9.78 Å². The Morgan fingerprint density at radius 3 is 2.84 bits per heavy atom. The molecule has 0 aromatic carbocycles. The van der Waals surface area contributed by atoms with Crippen LogP contribution in [0.1, 0.15) is 41.5 Å². The first-order chi connectivity index (χ1) is 12.0. The summed E-state index contributed by atoms with van der Waals surface area (Å²) in [6.45, 7) is 3.95. The van der Waals surface area contributed by atoms with Crippen molar-refractivity contribution in [3.05, 3.63) is 53.2 Å². The Balaban J connectivity index is 1.81. The molecule has 2 heterocycles. The monoisotopic (exact) mass is 341 g/mol. The maximum Gasteiger partial charge on any atom is 0.232 e. The number of pyridine rings is 1. The van der Waals surface area contributed by atoms with Crippen LogP contribution in [-0.2, 0) is 17.8 Å². The number of likely N-dealkylation sites (N-methyl/N-ethyl adjacent to an activating group) is 1. The average molecular weight is 341 g/mol. The normalized spacial score (nSPS) is 16.7. The SMILES string of the molecule is Cc1ccc(CN(CCN(C)C)C(=O)C2CCCc3cccnc32)o1. The molecule has 0 saturated heterocycles. The number of hydrogen-bond donors (Lipinski definition) is 0. The molecule has 134 valence electrons. The molecule has 1 aliphatic rings. The summed E-state index contributed by atoms with van der Waals surface area (Å²) in [6, 6.07) is 7.96. The fourth-order valence-corrected chi connectivity index (χ4v) is 3.42. The molecular formula is C20H27N3O2. The van der Waals surface area contributed by atoms with Gasteiger partial charge in [-0.05, 0) is 64.0 Å². The number of fused-ring (bicyclic) bond motifs is 1. The second-order valence-electron chi connectivity index (χ2n) is 7.07. The predicted molar refractivity (Wildman–Crippen MR) is 97.3 cm³/mol. The second-order valence-corrected chi connectivity index (χ2v) is 7.07. The summed E-state index contributed by atoms with van der Waals surface area (Å²) in [7, 11) is 4.05. The number of carbonyl (C=O) groups excluding carboxylic acids is 1. The highest BCUT2D eigenvalue weighted by Crippen LogP contribution is 2.31. The molecule has 0 N–H and O–H groups in total. The molecule has 1 unspecified atom stereocenters.